The molecule has 4 aromatic carbocycles. The van der Waals surface area contributed by atoms with E-state index in [9.17, 15) is 0 Å². The molecule has 0 radical (unpaired) electrons. The number of aryl methyl sites for hydroxylation is 9. The molecular weight excluding hydrogens is 1570 g/mol. The fourth-order valence-corrected chi connectivity index (χ4v) is 33.7. The van der Waals surface area contributed by atoms with Gasteiger partial charge < -0.3 is 0 Å². The summed E-state index contributed by atoms with van der Waals surface area (Å²) in [6.07, 6.45) is 41.5. The first-order chi connectivity index (χ1) is 51.6. The molecule has 0 aliphatic heterocycles. The molecule has 4 nitrogen and oxygen atoms in total. The van der Waals surface area contributed by atoms with E-state index in [1.54, 1.807) is 39.8 Å². The monoisotopic (exact) mass is 1730 g/mol. The van der Waals surface area contributed by atoms with Crippen molar-refractivity contribution in [3.8, 4) is 45.0 Å². The van der Waals surface area contributed by atoms with E-state index in [2.05, 4.69) is 320 Å². The predicted molar refractivity (Wildman–Crippen MR) is 491 cm³/mol. The van der Waals surface area contributed by atoms with Gasteiger partial charge >= 0.3 is 692 Å². The van der Waals surface area contributed by atoms with Crippen LogP contribution in [0.3, 0.4) is 0 Å². The molecule has 0 spiro atoms. The normalized spacial score (nSPS) is 15.7. The molecule has 8 aromatic rings. The summed E-state index contributed by atoms with van der Waals surface area (Å²) in [4.78, 5) is 0. The van der Waals surface area contributed by atoms with Crippen LogP contribution in [-0.2, 0) is 65.7 Å². The van der Waals surface area contributed by atoms with Crippen molar-refractivity contribution >= 4 is 70.6 Å². The van der Waals surface area contributed by atoms with Crippen LogP contribution in [0.4, 0.5) is 0 Å². The molecular formula is C102H156Ge4N4+4. The molecule has 0 amide bonds. The second kappa shape index (κ2) is 38.6. The molecule has 4 aromatic heterocycles. The number of hydrogen-bond donors (Lipinski definition) is 0. The summed E-state index contributed by atoms with van der Waals surface area (Å²) < 4.78 is 16.4. The first-order valence-corrected chi connectivity index (χ1v) is 73.5. The maximum atomic E-state index is 2.57. The molecule has 8 heteroatoms. The molecule has 12 rings (SSSR count). The van der Waals surface area contributed by atoms with Gasteiger partial charge in [-0.15, -0.1) is 0 Å². The molecule has 110 heavy (non-hydrogen) atoms. The zero-order chi connectivity index (χ0) is 80.5. The zero-order valence-electron chi connectivity index (χ0n) is 75.6. The minimum atomic E-state index is -1.92. The van der Waals surface area contributed by atoms with Crippen molar-refractivity contribution < 1.29 is 18.3 Å². The van der Waals surface area contributed by atoms with Crippen molar-refractivity contribution in [1.29, 1.82) is 0 Å². The van der Waals surface area contributed by atoms with Crippen LogP contribution < -0.4 is 35.9 Å². The average Bonchev–Trinajstić information content (AvgIpc) is 0.834. The average molecular weight is 1730 g/mol. The van der Waals surface area contributed by atoms with E-state index < -0.39 is 53.1 Å². The van der Waals surface area contributed by atoms with Gasteiger partial charge in [0, 0.05) is 0 Å². The summed E-state index contributed by atoms with van der Waals surface area (Å²) in [5.41, 5.74) is 29.2. The second-order valence-corrected chi connectivity index (χ2v) is 83.5. The third-order valence-corrected chi connectivity index (χ3v) is 43.2. The number of rotatable bonds is 21. The Bertz CT molecular complexity index is 4390. The van der Waals surface area contributed by atoms with Gasteiger partial charge in [0.05, 0.1) is 0 Å². The minimum absolute atomic E-state index is 0.175. The van der Waals surface area contributed by atoms with E-state index >= 15 is 0 Å². The van der Waals surface area contributed by atoms with Crippen molar-refractivity contribution in [3.63, 3.8) is 0 Å². The third kappa shape index (κ3) is 23.9. The van der Waals surface area contributed by atoms with Crippen molar-refractivity contribution in [2.45, 2.75) is 311 Å². The van der Waals surface area contributed by atoms with Gasteiger partial charge in [0.2, 0.25) is 0 Å². The summed E-state index contributed by atoms with van der Waals surface area (Å²) in [6.45, 7) is 27.4. The van der Waals surface area contributed by atoms with Gasteiger partial charge in [-0.05, 0) is 0 Å². The number of aromatic nitrogens is 4. The Labute approximate surface area is 685 Å². The summed E-state index contributed by atoms with van der Waals surface area (Å²) in [6, 6.07) is 38.4. The molecule has 4 saturated carbocycles. The Kier molecular flexibility index (Phi) is 31.4. The SMILES string of the molecule is CCC(CC)c1ccc(C)c(-c2cc(CC3CCCC3)[c]([Ge]([CH3])([CH3])[CH3])c[n+]2C)c1.Cc1ccc(-c2cc(CC3CCCC3)[c]([Ge]([CH3])([CH3])[CH3])c[n+]2C)c(C)c1.Cc1ccc(C(C)(C)C)cc1-c1cc(CC2CCCC2)[c]([Ge]([CH3])([CH3])[CH3])c[n+]1C.Cc1ccc(CC(C)C)cc1-c1cc(CC2CCCC2)[c]([Ge]([CH3])([CH3])[CH3])c[n+]1C. The van der Waals surface area contributed by atoms with Crippen LogP contribution >= 0.6 is 0 Å². The Morgan fingerprint density at radius 2 is 0.664 bits per heavy atom. The van der Waals surface area contributed by atoms with Crippen LogP contribution in [0.25, 0.3) is 45.0 Å². The van der Waals surface area contributed by atoms with E-state index in [0.29, 0.717) is 11.8 Å². The molecule has 0 atom stereocenters. The van der Waals surface area contributed by atoms with Crippen LogP contribution in [0.2, 0.25) is 69.1 Å². The summed E-state index contributed by atoms with van der Waals surface area (Å²) in [5.74, 6) is 35.5. The number of nitrogens with zero attached hydrogens (tertiary/aromatic N) is 4. The summed E-state index contributed by atoms with van der Waals surface area (Å²) in [7, 11) is 8.98. The number of benzene rings is 4. The molecule has 0 bridgehead atoms. The van der Waals surface area contributed by atoms with Gasteiger partial charge in [-0.3, -0.25) is 0 Å². The van der Waals surface area contributed by atoms with Crippen LogP contribution in [0, 0.1) is 64.2 Å². The Morgan fingerprint density at radius 3 is 0.973 bits per heavy atom. The van der Waals surface area contributed by atoms with Crippen LogP contribution in [0.1, 0.15) is 237 Å². The van der Waals surface area contributed by atoms with E-state index in [4.69, 9.17) is 0 Å². The molecule has 0 unspecified atom stereocenters. The maximum absolute atomic E-state index is 2.57. The fraction of sp³-hybridized carbons (Fsp3) is 0.569. The van der Waals surface area contributed by atoms with E-state index in [0.717, 1.165) is 30.1 Å². The van der Waals surface area contributed by atoms with E-state index in [-0.39, 0.29) is 5.41 Å². The molecule has 0 saturated heterocycles. The Hall–Kier alpha value is -4.35. The molecule has 4 aliphatic carbocycles. The summed E-state index contributed by atoms with van der Waals surface area (Å²) >= 11 is -7.65. The van der Waals surface area contributed by atoms with Gasteiger partial charge in [-0.25, -0.2) is 0 Å². The van der Waals surface area contributed by atoms with Crippen molar-refractivity contribution in [3.05, 3.63) is 189 Å². The zero-order valence-corrected chi connectivity index (χ0v) is 84.0. The first-order valence-electron chi connectivity index (χ1n) is 44.1. The summed E-state index contributed by atoms with van der Waals surface area (Å²) in [5, 5.41) is 0. The van der Waals surface area contributed by atoms with Crippen LogP contribution in [0.15, 0.2) is 122 Å². The van der Waals surface area contributed by atoms with Gasteiger partial charge in [0.25, 0.3) is 0 Å². The van der Waals surface area contributed by atoms with Gasteiger partial charge in [0.15, 0.2) is 0 Å². The quantitative estimate of drug-likeness (QED) is 0.0503. The molecule has 4 heterocycles. The van der Waals surface area contributed by atoms with Gasteiger partial charge in [-0.1, -0.05) is 0 Å². The topological polar surface area (TPSA) is 15.5 Å². The standard InChI is InChI=1S/C27H42GeN.2C26H40GeN.C23H34GeN/c1-8-22(9-2)23-15-14-20(3)25(17-23)27-18-24(16-21-12-10-11-13-21)26(19-29(27)7)28(4,5)6;1-19-13-14-22(26(2,3)4)17-23(19)25-16-21(15-20-11-9-10-12-20)24(18-28(25)8)27(5,6)7;1-19(2)14-22-13-12-20(3)24(16-22)26-17-23(15-21-10-8-9-11-21)25(18-28(26)7)27(4,5)6;1-17-11-12-21(18(2)13-17)23-15-20(14-19-9-7-8-10-19)22(16-25(23)6)24(3,4)5/h14-15,17-19,21-22H,8-13,16H2,1-7H3;13-14,16-18,20H,9-12,15H2,1-8H3;12-13,16-19,21H,8-11,14-15H2,1-7H3;11-13,15-16,19H,7-10,14H2,1-6H3/q4*+1. The molecule has 596 valence electrons. The van der Waals surface area contributed by atoms with Crippen molar-refractivity contribution in [2.75, 3.05) is 0 Å². The first kappa shape index (κ1) is 89.6. The predicted octanol–water partition coefficient (Wildman–Crippen LogP) is 23.8. The van der Waals surface area contributed by atoms with E-state index in [1.165, 1.54) is 231 Å². The molecule has 4 aliphatic rings. The Morgan fingerprint density at radius 1 is 0.355 bits per heavy atom. The van der Waals surface area contributed by atoms with Gasteiger partial charge in [-0.2, -0.15) is 0 Å². The number of hydrogen-bond acceptors (Lipinski definition) is 0. The molecule has 4 fully saturated rings. The van der Waals surface area contributed by atoms with Crippen molar-refractivity contribution in [1.82, 2.24) is 0 Å². The van der Waals surface area contributed by atoms with Gasteiger partial charge in [0.1, 0.15) is 0 Å². The number of pyridine rings is 4. The second-order valence-electron chi connectivity index (χ2n) is 41.2. The third-order valence-electron chi connectivity index (χ3n) is 25.9. The molecule has 0 N–H and O–H groups in total. The fourth-order valence-electron chi connectivity index (χ4n) is 19.3. The van der Waals surface area contributed by atoms with Crippen LogP contribution in [0.5, 0.6) is 0 Å². The Balaban J connectivity index is 0.000000169. The van der Waals surface area contributed by atoms with E-state index in [1.807, 2.05) is 0 Å². The van der Waals surface area contributed by atoms with Crippen LogP contribution in [-0.4, -0.2) is 53.1 Å². The van der Waals surface area contributed by atoms with Crippen molar-refractivity contribution in [2.24, 2.45) is 57.8 Å².